The normalized spacial score (nSPS) is 22.6. The van der Waals surface area contributed by atoms with Crippen molar-refractivity contribution >= 4 is 40.4 Å². The molecule has 0 aromatic heterocycles. The standard InChI is InChI=1S/C8H12N2OS2/c1-8(2)5(11)9(3)7(13)10(4)6(8)12/h1-4H3. The molecule has 1 amide bonds. The number of hydrogen-bond donors (Lipinski definition) is 0. The summed E-state index contributed by atoms with van der Waals surface area (Å²) in [7, 11) is 3.46. The molecule has 1 saturated heterocycles. The lowest BCUT2D eigenvalue weighted by atomic mass is 9.89. The average molecular weight is 216 g/mol. The molecule has 72 valence electrons. The minimum absolute atomic E-state index is 0.0411. The third kappa shape index (κ3) is 1.36. The van der Waals surface area contributed by atoms with Crippen LogP contribution in [-0.4, -0.2) is 39.9 Å². The van der Waals surface area contributed by atoms with Crippen molar-refractivity contribution in [2.24, 2.45) is 5.41 Å². The fraction of sp³-hybridized carbons (Fsp3) is 0.625. The van der Waals surface area contributed by atoms with Crippen LogP contribution >= 0.6 is 24.4 Å². The summed E-state index contributed by atoms with van der Waals surface area (Å²) >= 11 is 10.2. The number of thiocarbonyl (C=S) groups is 2. The number of carbonyl (C=O) groups excluding carboxylic acids is 1. The van der Waals surface area contributed by atoms with Gasteiger partial charge < -0.3 is 4.90 Å². The van der Waals surface area contributed by atoms with E-state index >= 15 is 0 Å². The first-order valence-corrected chi connectivity index (χ1v) is 4.72. The van der Waals surface area contributed by atoms with Crippen molar-refractivity contribution in [1.29, 1.82) is 0 Å². The lowest BCUT2D eigenvalue weighted by Crippen LogP contribution is -2.60. The number of nitrogens with zero attached hydrogens (tertiary/aromatic N) is 2. The quantitative estimate of drug-likeness (QED) is 0.564. The Kier molecular flexibility index (Phi) is 2.42. The highest BCUT2D eigenvalue weighted by atomic mass is 32.1. The van der Waals surface area contributed by atoms with Crippen molar-refractivity contribution in [3.63, 3.8) is 0 Å². The largest absolute Gasteiger partial charge is 0.315 e. The highest BCUT2D eigenvalue weighted by Gasteiger charge is 2.43. The predicted octanol–water partition coefficient (Wildman–Crippen LogP) is 1.03. The molecule has 13 heavy (non-hydrogen) atoms. The highest BCUT2D eigenvalue weighted by Crippen LogP contribution is 2.27. The first-order chi connectivity index (χ1) is 5.80. The Labute approximate surface area is 88.7 Å². The van der Waals surface area contributed by atoms with Crippen molar-refractivity contribution in [2.45, 2.75) is 13.8 Å². The Balaban J connectivity index is 3.15. The Morgan fingerprint density at radius 1 is 1.15 bits per heavy atom. The van der Waals surface area contributed by atoms with E-state index in [1.54, 1.807) is 19.0 Å². The molecule has 0 aromatic carbocycles. The Morgan fingerprint density at radius 3 is 2.08 bits per heavy atom. The average Bonchev–Trinajstić information content (AvgIpc) is 2.09. The number of hydrogen-bond acceptors (Lipinski definition) is 3. The molecule has 1 rings (SSSR count). The molecule has 0 N–H and O–H groups in total. The van der Waals surface area contributed by atoms with Crippen molar-refractivity contribution in [3.8, 4) is 0 Å². The first kappa shape index (κ1) is 10.5. The zero-order valence-electron chi connectivity index (χ0n) is 8.12. The summed E-state index contributed by atoms with van der Waals surface area (Å²) in [4.78, 5) is 15.5. The van der Waals surface area contributed by atoms with E-state index in [1.807, 2.05) is 13.8 Å². The fourth-order valence-corrected chi connectivity index (χ4v) is 1.73. The van der Waals surface area contributed by atoms with E-state index in [-0.39, 0.29) is 5.91 Å². The number of rotatable bonds is 0. The summed E-state index contributed by atoms with van der Waals surface area (Å²) in [6.45, 7) is 3.62. The molecular formula is C8H12N2OS2. The Bertz CT molecular complexity index is 273. The van der Waals surface area contributed by atoms with Crippen LogP contribution in [0.4, 0.5) is 0 Å². The summed E-state index contributed by atoms with van der Waals surface area (Å²) in [5.74, 6) is -0.0411. The van der Waals surface area contributed by atoms with E-state index in [9.17, 15) is 4.79 Å². The van der Waals surface area contributed by atoms with Crippen molar-refractivity contribution in [1.82, 2.24) is 9.80 Å². The van der Waals surface area contributed by atoms with Gasteiger partial charge in [-0.2, -0.15) is 0 Å². The van der Waals surface area contributed by atoms with Gasteiger partial charge in [-0.15, -0.1) is 0 Å². The van der Waals surface area contributed by atoms with E-state index in [0.717, 1.165) is 0 Å². The number of carbonyl (C=O) groups is 1. The van der Waals surface area contributed by atoms with Crippen LogP contribution in [0.3, 0.4) is 0 Å². The van der Waals surface area contributed by atoms with Gasteiger partial charge in [0.2, 0.25) is 5.91 Å². The van der Waals surface area contributed by atoms with Crippen molar-refractivity contribution in [2.75, 3.05) is 14.1 Å². The second kappa shape index (κ2) is 2.99. The fourth-order valence-electron chi connectivity index (χ4n) is 1.33. The van der Waals surface area contributed by atoms with Crippen LogP contribution in [0, 0.1) is 5.41 Å². The van der Waals surface area contributed by atoms with Gasteiger partial charge in [0.05, 0.1) is 10.4 Å². The molecule has 0 aliphatic carbocycles. The lowest BCUT2D eigenvalue weighted by molar-refractivity contribution is -0.133. The maximum atomic E-state index is 11.7. The molecule has 0 atom stereocenters. The van der Waals surface area contributed by atoms with Gasteiger partial charge in [-0.3, -0.25) is 9.69 Å². The highest BCUT2D eigenvalue weighted by molar-refractivity contribution is 7.82. The summed E-state index contributed by atoms with van der Waals surface area (Å²) in [6, 6.07) is 0. The van der Waals surface area contributed by atoms with Gasteiger partial charge in [0.15, 0.2) is 5.11 Å². The van der Waals surface area contributed by atoms with E-state index in [2.05, 4.69) is 0 Å². The SMILES string of the molecule is CN1C(=O)C(C)(C)C(=S)N(C)C1=S. The zero-order chi connectivity index (χ0) is 10.4. The van der Waals surface area contributed by atoms with Crippen LogP contribution < -0.4 is 0 Å². The molecule has 1 fully saturated rings. The van der Waals surface area contributed by atoms with E-state index in [1.165, 1.54) is 4.90 Å². The molecule has 1 aliphatic heterocycles. The Morgan fingerprint density at radius 2 is 1.62 bits per heavy atom. The van der Waals surface area contributed by atoms with Gasteiger partial charge in [-0.25, -0.2) is 0 Å². The van der Waals surface area contributed by atoms with Crippen LogP contribution in [0.5, 0.6) is 0 Å². The molecule has 5 heteroatoms. The molecule has 1 heterocycles. The van der Waals surface area contributed by atoms with Crippen LogP contribution in [0.15, 0.2) is 0 Å². The summed E-state index contributed by atoms with van der Waals surface area (Å²) in [6.07, 6.45) is 0. The van der Waals surface area contributed by atoms with Gasteiger partial charge in [0.25, 0.3) is 0 Å². The molecule has 3 nitrogen and oxygen atoms in total. The van der Waals surface area contributed by atoms with Crippen molar-refractivity contribution < 1.29 is 4.79 Å². The first-order valence-electron chi connectivity index (χ1n) is 3.90. The van der Waals surface area contributed by atoms with Gasteiger partial charge in [0.1, 0.15) is 0 Å². The van der Waals surface area contributed by atoms with Crippen LogP contribution in [-0.2, 0) is 4.79 Å². The zero-order valence-corrected chi connectivity index (χ0v) is 9.75. The molecule has 0 unspecified atom stereocenters. The lowest BCUT2D eigenvalue weighted by Gasteiger charge is -2.41. The maximum absolute atomic E-state index is 11.7. The minimum atomic E-state index is -0.624. The predicted molar refractivity (Wildman–Crippen MR) is 59.5 cm³/mol. The van der Waals surface area contributed by atoms with Crippen molar-refractivity contribution in [3.05, 3.63) is 0 Å². The summed E-state index contributed by atoms with van der Waals surface area (Å²) in [5, 5.41) is 0.467. The topological polar surface area (TPSA) is 23.6 Å². The summed E-state index contributed by atoms with van der Waals surface area (Å²) < 4.78 is 0. The van der Waals surface area contributed by atoms with E-state index < -0.39 is 5.41 Å². The molecule has 1 aliphatic rings. The van der Waals surface area contributed by atoms with Crippen LogP contribution in [0.2, 0.25) is 0 Å². The molecule has 0 bridgehead atoms. The van der Waals surface area contributed by atoms with Crippen LogP contribution in [0.25, 0.3) is 0 Å². The van der Waals surface area contributed by atoms with Gasteiger partial charge in [0, 0.05) is 14.1 Å². The second-order valence-electron chi connectivity index (χ2n) is 3.64. The summed E-state index contributed by atoms with van der Waals surface area (Å²) in [5.41, 5.74) is -0.624. The maximum Gasteiger partial charge on any atom is 0.240 e. The van der Waals surface area contributed by atoms with Gasteiger partial charge in [-0.05, 0) is 26.1 Å². The monoisotopic (exact) mass is 216 g/mol. The molecule has 0 spiro atoms. The van der Waals surface area contributed by atoms with Crippen LogP contribution in [0.1, 0.15) is 13.8 Å². The van der Waals surface area contributed by atoms with Gasteiger partial charge >= 0.3 is 0 Å². The number of amides is 1. The smallest absolute Gasteiger partial charge is 0.240 e. The third-order valence-electron chi connectivity index (χ3n) is 2.25. The third-order valence-corrected chi connectivity index (χ3v) is 3.58. The van der Waals surface area contributed by atoms with E-state index in [4.69, 9.17) is 24.4 Å². The molecule has 0 aromatic rings. The van der Waals surface area contributed by atoms with E-state index in [0.29, 0.717) is 10.1 Å². The van der Waals surface area contributed by atoms with Gasteiger partial charge in [-0.1, -0.05) is 12.2 Å². The molecular weight excluding hydrogens is 204 g/mol. The second-order valence-corrected chi connectivity index (χ2v) is 4.39. The molecule has 0 saturated carbocycles. The Hall–Kier alpha value is -0.550. The molecule has 0 radical (unpaired) electrons. The minimum Gasteiger partial charge on any atom is -0.315 e.